The van der Waals surface area contributed by atoms with Crippen molar-refractivity contribution in [1.82, 2.24) is 0 Å². The van der Waals surface area contributed by atoms with Crippen molar-refractivity contribution < 1.29 is 9.59 Å². The minimum Gasteiger partial charge on any atom is -0.299 e. The van der Waals surface area contributed by atoms with E-state index in [1.165, 1.54) is 0 Å². The van der Waals surface area contributed by atoms with Crippen molar-refractivity contribution in [2.75, 3.05) is 0 Å². The Morgan fingerprint density at radius 1 is 0.833 bits per heavy atom. The highest BCUT2D eigenvalue weighted by atomic mass is 16.1. The van der Waals surface area contributed by atoms with Gasteiger partial charge in [-0.25, -0.2) is 0 Å². The highest BCUT2D eigenvalue weighted by Crippen LogP contribution is 2.25. The number of benzene rings is 2. The third-order valence-electron chi connectivity index (χ3n) is 4.35. The van der Waals surface area contributed by atoms with Crippen LogP contribution in [0.2, 0.25) is 0 Å². The Morgan fingerprint density at radius 3 is 2.08 bits per heavy atom. The predicted octanol–water partition coefficient (Wildman–Crippen LogP) is 5.58. The van der Waals surface area contributed by atoms with Gasteiger partial charge in [0.05, 0.1) is 0 Å². The lowest BCUT2D eigenvalue weighted by Crippen LogP contribution is -2.17. The van der Waals surface area contributed by atoms with Crippen molar-refractivity contribution in [2.24, 2.45) is 0 Å². The second-order valence-electron chi connectivity index (χ2n) is 6.23. The van der Waals surface area contributed by atoms with E-state index in [0.29, 0.717) is 12.0 Å². The lowest BCUT2D eigenvalue weighted by molar-refractivity contribution is -0.120. The summed E-state index contributed by atoms with van der Waals surface area (Å²) in [6, 6.07) is 18.9. The van der Waals surface area contributed by atoms with Gasteiger partial charge in [-0.05, 0) is 12.0 Å². The van der Waals surface area contributed by atoms with Gasteiger partial charge in [0.1, 0.15) is 5.78 Å². The highest BCUT2D eigenvalue weighted by Gasteiger charge is 2.23. The minimum atomic E-state index is -0.333. The zero-order valence-electron chi connectivity index (χ0n) is 14.4. The van der Waals surface area contributed by atoms with E-state index in [1.807, 2.05) is 60.7 Å². The normalized spacial score (nSPS) is 11.9. The molecule has 1 unspecified atom stereocenters. The molecule has 0 radical (unpaired) electrons. The SMILES string of the molecule is CCCCCCC(=O)C(CC(=O)c1ccccc1)c1ccccc1. The monoisotopic (exact) mass is 322 g/mol. The standard InChI is InChI=1S/C22H26O2/c1-2-3-4-11-16-21(23)20(18-12-7-5-8-13-18)17-22(24)19-14-9-6-10-15-19/h5-10,12-15,20H,2-4,11,16-17H2,1H3. The average Bonchev–Trinajstić information content (AvgIpc) is 2.64. The van der Waals surface area contributed by atoms with Gasteiger partial charge in [0.2, 0.25) is 0 Å². The molecule has 0 N–H and O–H groups in total. The first kappa shape index (κ1) is 18.1. The molecule has 2 aromatic rings. The molecule has 0 amide bonds. The smallest absolute Gasteiger partial charge is 0.163 e. The summed E-state index contributed by atoms with van der Waals surface area (Å²) in [5.41, 5.74) is 1.62. The van der Waals surface area contributed by atoms with Gasteiger partial charge in [-0.3, -0.25) is 9.59 Å². The molecule has 0 aliphatic rings. The number of rotatable bonds is 10. The Hall–Kier alpha value is -2.22. The van der Waals surface area contributed by atoms with Crippen LogP contribution in [0.5, 0.6) is 0 Å². The van der Waals surface area contributed by atoms with Gasteiger partial charge in [0, 0.05) is 24.3 Å². The Bertz CT molecular complexity index is 632. The number of Topliss-reactive ketones (excluding diaryl/α,β-unsaturated/α-hetero) is 2. The largest absolute Gasteiger partial charge is 0.299 e. The molecule has 2 nitrogen and oxygen atoms in total. The molecule has 0 aliphatic carbocycles. The lowest BCUT2D eigenvalue weighted by Gasteiger charge is -2.16. The average molecular weight is 322 g/mol. The van der Waals surface area contributed by atoms with Crippen molar-refractivity contribution in [3.63, 3.8) is 0 Å². The zero-order valence-corrected chi connectivity index (χ0v) is 14.4. The van der Waals surface area contributed by atoms with E-state index in [9.17, 15) is 9.59 Å². The number of hydrogen-bond donors (Lipinski definition) is 0. The molecule has 0 fully saturated rings. The molecule has 0 aliphatic heterocycles. The van der Waals surface area contributed by atoms with Crippen LogP contribution in [0.3, 0.4) is 0 Å². The third kappa shape index (κ3) is 5.45. The van der Waals surface area contributed by atoms with Crippen molar-refractivity contribution in [3.8, 4) is 0 Å². The zero-order chi connectivity index (χ0) is 17.2. The molecular weight excluding hydrogens is 296 g/mol. The number of ketones is 2. The summed E-state index contributed by atoms with van der Waals surface area (Å²) in [5, 5.41) is 0. The van der Waals surface area contributed by atoms with Gasteiger partial charge >= 0.3 is 0 Å². The van der Waals surface area contributed by atoms with Crippen LogP contribution >= 0.6 is 0 Å². The van der Waals surface area contributed by atoms with Gasteiger partial charge in [-0.1, -0.05) is 86.8 Å². The summed E-state index contributed by atoms with van der Waals surface area (Å²) in [5.74, 6) is -0.117. The summed E-state index contributed by atoms with van der Waals surface area (Å²) in [4.78, 5) is 25.3. The van der Waals surface area contributed by atoms with Gasteiger partial charge in [0.25, 0.3) is 0 Å². The van der Waals surface area contributed by atoms with Crippen LogP contribution in [-0.2, 0) is 4.79 Å². The van der Waals surface area contributed by atoms with E-state index in [-0.39, 0.29) is 23.9 Å². The van der Waals surface area contributed by atoms with E-state index >= 15 is 0 Å². The number of carbonyl (C=O) groups is 2. The summed E-state index contributed by atoms with van der Waals surface area (Å²) in [7, 11) is 0. The van der Waals surface area contributed by atoms with Crippen LogP contribution in [0, 0.1) is 0 Å². The number of carbonyl (C=O) groups excluding carboxylic acids is 2. The fraction of sp³-hybridized carbons (Fsp3) is 0.364. The maximum Gasteiger partial charge on any atom is 0.163 e. The molecule has 2 rings (SSSR count). The van der Waals surface area contributed by atoms with E-state index in [2.05, 4.69) is 6.92 Å². The second-order valence-corrected chi connectivity index (χ2v) is 6.23. The fourth-order valence-corrected chi connectivity index (χ4v) is 2.93. The first-order valence-corrected chi connectivity index (χ1v) is 8.88. The first-order chi connectivity index (χ1) is 11.7. The lowest BCUT2D eigenvalue weighted by atomic mass is 9.86. The Balaban J connectivity index is 2.08. The molecule has 0 saturated carbocycles. The maximum absolute atomic E-state index is 12.7. The molecule has 0 bridgehead atoms. The maximum atomic E-state index is 12.7. The van der Waals surface area contributed by atoms with Gasteiger partial charge in [-0.15, -0.1) is 0 Å². The van der Waals surface area contributed by atoms with E-state index in [1.54, 1.807) is 0 Å². The molecule has 1 atom stereocenters. The van der Waals surface area contributed by atoms with Crippen molar-refractivity contribution in [2.45, 2.75) is 51.4 Å². The van der Waals surface area contributed by atoms with E-state index < -0.39 is 0 Å². The van der Waals surface area contributed by atoms with Crippen LogP contribution in [-0.4, -0.2) is 11.6 Å². The highest BCUT2D eigenvalue weighted by molar-refractivity contribution is 6.00. The molecule has 0 saturated heterocycles. The topological polar surface area (TPSA) is 34.1 Å². The molecule has 2 aromatic carbocycles. The van der Waals surface area contributed by atoms with Crippen LogP contribution < -0.4 is 0 Å². The molecular formula is C22H26O2. The summed E-state index contributed by atoms with van der Waals surface area (Å²) in [6.07, 6.45) is 5.11. The van der Waals surface area contributed by atoms with Crippen LogP contribution in [0.15, 0.2) is 60.7 Å². The molecule has 0 heterocycles. The molecule has 126 valence electrons. The predicted molar refractivity (Wildman–Crippen MR) is 98.3 cm³/mol. The molecule has 0 aromatic heterocycles. The first-order valence-electron chi connectivity index (χ1n) is 8.88. The Morgan fingerprint density at radius 2 is 1.46 bits per heavy atom. The summed E-state index contributed by atoms with van der Waals surface area (Å²) < 4.78 is 0. The second kappa shape index (κ2) is 9.82. The van der Waals surface area contributed by atoms with Crippen molar-refractivity contribution in [3.05, 3.63) is 71.8 Å². The van der Waals surface area contributed by atoms with Crippen LogP contribution in [0.4, 0.5) is 0 Å². The molecule has 0 spiro atoms. The van der Waals surface area contributed by atoms with E-state index in [0.717, 1.165) is 31.2 Å². The van der Waals surface area contributed by atoms with Gasteiger partial charge in [0.15, 0.2) is 5.78 Å². The van der Waals surface area contributed by atoms with Crippen molar-refractivity contribution in [1.29, 1.82) is 0 Å². The fourth-order valence-electron chi connectivity index (χ4n) is 2.93. The van der Waals surface area contributed by atoms with Gasteiger partial charge in [-0.2, -0.15) is 0 Å². The Kier molecular flexibility index (Phi) is 7.41. The van der Waals surface area contributed by atoms with Crippen molar-refractivity contribution >= 4 is 11.6 Å². The third-order valence-corrected chi connectivity index (χ3v) is 4.35. The van der Waals surface area contributed by atoms with Gasteiger partial charge < -0.3 is 0 Å². The number of unbranched alkanes of at least 4 members (excludes halogenated alkanes) is 3. The summed E-state index contributed by atoms with van der Waals surface area (Å²) >= 11 is 0. The number of hydrogen-bond acceptors (Lipinski definition) is 2. The summed E-state index contributed by atoms with van der Waals surface area (Å²) in [6.45, 7) is 2.16. The minimum absolute atomic E-state index is 0.0337. The van der Waals surface area contributed by atoms with E-state index in [4.69, 9.17) is 0 Å². The quantitative estimate of drug-likeness (QED) is 0.422. The van der Waals surface area contributed by atoms with Crippen LogP contribution in [0.1, 0.15) is 67.3 Å². The van der Waals surface area contributed by atoms with Crippen LogP contribution in [0.25, 0.3) is 0 Å². The Labute approximate surface area is 144 Å². The molecule has 24 heavy (non-hydrogen) atoms. The molecule has 2 heteroatoms.